The summed E-state index contributed by atoms with van der Waals surface area (Å²) in [5.41, 5.74) is 2.70. The lowest BCUT2D eigenvalue weighted by atomic mass is 10.2. The monoisotopic (exact) mass is 447 g/mol. The number of amides is 1. The molecule has 9 heteroatoms. The van der Waals surface area contributed by atoms with Crippen molar-refractivity contribution in [3.63, 3.8) is 0 Å². The number of rotatable bonds is 7. The Kier molecular flexibility index (Phi) is 6.37. The molecule has 0 aliphatic heterocycles. The maximum absolute atomic E-state index is 12.7. The van der Waals surface area contributed by atoms with Crippen LogP contribution in [0, 0.1) is 0 Å². The first-order valence-corrected chi connectivity index (χ1v) is 10.8. The number of aromatic nitrogens is 4. The van der Waals surface area contributed by atoms with Gasteiger partial charge in [-0.25, -0.2) is 9.67 Å². The lowest BCUT2D eigenvalue weighted by molar-refractivity contribution is -0.124. The van der Waals surface area contributed by atoms with Crippen LogP contribution in [0.4, 0.5) is 0 Å². The number of carbonyl (C=O) groups excluding carboxylic acids is 1. The van der Waals surface area contributed by atoms with Crippen LogP contribution in [0.1, 0.15) is 18.7 Å². The molecular formula is C23H21N5O3S. The van der Waals surface area contributed by atoms with Crippen molar-refractivity contribution < 1.29 is 9.53 Å². The van der Waals surface area contributed by atoms with E-state index >= 15 is 0 Å². The van der Waals surface area contributed by atoms with Crippen LogP contribution in [0.2, 0.25) is 0 Å². The molecule has 32 heavy (non-hydrogen) atoms. The third kappa shape index (κ3) is 4.73. The van der Waals surface area contributed by atoms with Crippen LogP contribution in [0.15, 0.2) is 71.1 Å². The Bertz CT molecular complexity index is 1270. The van der Waals surface area contributed by atoms with Gasteiger partial charge in [-0.05, 0) is 49.4 Å². The Balaban J connectivity index is 1.43. The molecule has 1 N–H and O–H groups in total. The molecule has 0 bridgehead atoms. The lowest BCUT2D eigenvalue weighted by Gasteiger charge is -2.14. The number of nitrogens with one attached hydrogen (secondary N) is 1. The molecule has 3 heterocycles. The minimum atomic E-state index is -0.779. The van der Waals surface area contributed by atoms with E-state index in [1.165, 1.54) is 22.1 Å². The maximum Gasteiger partial charge on any atom is 0.267 e. The molecular weight excluding hydrogens is 426 g/mol. The Hall–Kier alpha value is -3.85. The number of pyridine rings is 1. The number of nitrogens with zero attached hydrogens (tertiary/aromatic N) is 4. The van der Waals surface area contributed by atoms with E-state index in [4.69, 9.17) is 4.74 Å². The van der Waals surface area contributed by atoms with Crippen LogP contribution >= 0.6 is 11.3 Å². The van der Waals surface area contributed by atoms with Gasteiger partial charge in [-0.1, -0.05) is 0 Å². The summed E-state index contributed by atoms with van der Waals surface area (Å²) in [5, 5.41) is 9.95. The van der Waals surface area contributed by atoms with Crippen LogP contribution in [0.3, 0.4) is 0 Å². The van der Waals surface area contributed by atoms with Crippen LogP contribution < -0.4 is 15.6 Å². The molecule has 0 aliphatic carbocycles. The van der Waals surface area contributed by atoms with Gasteiger partial charge in [-0.2, -0.15) is 5.10 Å². The molecule has 4 aromatic rings. The molecule has 4 rings (SSSR count). The molecule has 1 amide bonds. The molecule has 1 unspecified atom stereocenters. The normalized spacial score (nSPS) is 11.7. The summed E-state index contributed by atoms with van der Waals surface area (Å²) < 4.78 is 6.36. The summed E-state index contributed by atoms with van der Waals surface area (Å²) in [6.07, 6.45) is 3.32. The number of hydrogen-bond acceptors (Lipinski definition) is 7. The quantitative estimate of drug-likeness (QED) is 0.467. The van der Waals surface area contributed by atoms with E-state index in [0.29, 0.717) is 5.69 Å². The highest BCUT2D eigenvalue weighted by molar-refractivity contribution is 7.13. The van der Waals surface area contributed by atoms with Crippen molar-refractivity contribution in [2.75, 3.05) is 7.11 Å². The predicted octanol–water partition coefficient (Wildman–Crippen LogP) is 3.31. The van der Waals surface area contributed by atoms with E-state index in [0.717, 1.165) is 27.6 Å². The summed E-state index contributed by atoms with van der Waals surface area (Å²) in [4.78, 5) is 33.7. The topological polar surface area (TPSA) is 99.0 Å². The standard InChI is InChI=1S/C23H21N5O3S/c1-15(28-21(29)10-9-20(27-28)17-4-3-11-24-12-17)22(30)25-13-18-14-32-23(26-18)16-5-7-19(31-2)8-6-16/h3-12,14-15H,13H2,1-2H3,(H,25,30). The van der Waals surface area contributed by atoms with Gasteiger partial charge in [0.1, 0.15) is 16.8 Å². The van der Waals surface area contributed by atoms with E-state index in [-0.39, 0.29) is 18.0 Å². The lowest BCUT2D eigenvalue weighted by Crippen LogP contribution is -2.36. The highest BCUT2D eigenvalue weighted by atomic mass is 32.1. The fourth-order valence-electron chi connectivity index (χ4n) is 3.06. The largest absolute Gasteiger partial charge is 0.497 e. The molecule has 0 saturated carbocycles. The number of methoxy groups -OCH3 is 1. The maximum atomic E-state index is 12.7. The van der Waals surface area contributed by atoms with Crippen LogP contribution in [-0.4, -0.2) is 32.8 Å². The van der Waals surface area contributed by atoms with Crippen LogP contribution in [-0.2, 0) is 11.3 Å². The average molecular weight is 448 g/mol. The van der Waals surface area contributed by atoms with Gasteiger partial charge in [-0.3, -0.25) is 14.6 Å². The Morgan fingerprint density at radius 3 is 2.69 bits per heavy atom. The minimum Gasteiger partial charge on any atom is -0.497 e. The highest BCUT2D eigenvalue weighted by Crippen LogP contribution is 2.25. The summed E-state index contributed by atoms with van der Waals surface area (Å²) >= 11 is 1.50. The molecule has 0 spiro atoms. The van der Waals surface area contributed by atoms with Gasteiger partial charge in [0.05, 0.1) is 25.0 Å². The SMILES string of the molecule is COc1ccc(-c2nc(CNC(=O)C(C)n3nc(-c4cccnc4)ccc3=O)cs2)cc1. The van der Waals surface area contributed by atoms with Crippen LogP contribution in [0.5, 0.6) is 5.75 Å². The predicted molar refractivity (Wildman–Crippen MR) is 122 cm³/mol. The molecule has 0 fully saturated rings. The number of benzene rings is 1. The average Bonchev–Trinajstić information content (AvgIpc) is 3.32. The first-order valence-electron chi connectivity index (χ1n) is 9.92. The number of thiazole rings is 1. The first kappa shape index (κ1) is 21.4. The molecule has 0 radical (unpaired) electrons. The molecule has 162 valence electrons. The van der Waals surface area contributed by atoms with Gasteiger partial charge in [0.25, 0.3) is 5.56 Å². The van der Waals surface area contributed by atoms with Crippen molar-refractivity contribution in [1.82, 2.24) is 25.1 Å². The summed E-state index contributed by atoms with van der Waals surface area (Å²) in [6, 6.07) is 13.5. The fraction of sp³-hybridized carbons (Fsp3) is 0.174. The van der Waals surface area contributed by atoms with Crippen molar-refractivity contribution >= 4 is 17.2 Å². The van der Waals surface area contributed by atoms with E-state index < -0.39 is 6.04 Å². The van der Waals surface area contributed by atoms with Crippen molar-refractivity contribution in [2.45, 2.75) is 19.5 Å². The minimum absolute atomic E-state index is 0.257. The number of hydrogen-bond donors (Lipinski definition) is 1. The third-order valence-electron chi connectivity index (χ3n) is 4.86. The van der Waals surface area contributed by atoms with E-state index in [2.05, 4.69) is 20.4 Å². The molecule has 3 aromatic heterocycles. The van der Waals surface area contributed by atoms with Gasteiger partial charge in [-0.15, -0.1) is 11.3 Å². The Labute approximate surface area is 188 Å². The van der Waals surface area contributed by atoms with Gasteiger partial charge in [0.15, 0.2) is 0 Å². The molecule has 0 aliphatic rings. The van der Waals surface area contributed by atoms with Crippen molar-refractivity contribution in [3.8, 4) is 27.6 Å². The number of carbonyl (C=O) groups is 1. The van der Waals surface area contributed by atoms with Gasteiger partial charge in [0, 0.05) is 35.0 Å². The van der Waals surface area contributed by atoms with E-state index in [1.54, 1.807) is 38.6 Å². The van der Waals surface area contributed by atoms with Gasteiger partial charge < -0.3 is 10.1 Å². The second-order valence-corrected chi connectivity index (χ2v) is 7.87. The zero-order valence-corrected chi connectivity index (χ0v) is 18.4. The van der Waals surface area contributed by atoms with Crippen molar-refractivity contribution in [2.24, 2.45) is 0 Å². The van der Waals surface area contributed by atoms with Gasteiger partial charge >= 0.3 is 0 Å². The molecule has 1 atom stereocenters. The summed E-state index contributed by atoms with van der Waals surface area (Å²) in [5.74, 6) is 0.463. The third-order valence-corrected chi connectivity index (χ3v) is 5.80. The zero-order valence-electron chi connectivity index (χ0n) is 17.6. The summed E-state index contributed by atoms with van der Waals surface area (Å²) in [7, 11) is 1.62. The van der Waals surface area contributed by atoms with Gasteiger partial charge in [0.2, 0.25) is 5.91 Å². The molecule has 1 aromatic carbocycles. The zero-order chi connectivity index (χ0) is 22.5. The Morgan fingerprint density at radius 1 is 1.16 bits per heavy atom. The van der Waals surface area contributed by atoms with E-state index in [1.807, 2.05) is 35.7 Å². The van der Waals surface area contributed by atoms with E-state index in [9.17, 15) is 9.59 Å². The smallest absolute Gasteiger partial charge is 0.267 e. The fourth-order valence-corrected chi connectivity index (χ4v) is 3.89. The Morgan fingerprint density at radius 2 is 1.97 bits per heavy atom. The van der Waals surface area contributed by atoms with Crippen molar-refractivity contribution in [1.29, 1.82) is 0 Å². The van der Waals surface area contributed by atoms with Crippen molar-refractivity contribution in [3.05, 3.63) is 82.4 Å². The highest BCUT2D eigenvalue weighted by Gasteiger charge is 2.18. The second-order valence-electron chi connectivity index (χ2n) is 7.01. The first-order chi connectivity index (χ1) is 15.5. The van der Waals surface area contributed by atoms with Crippen LogP contribution in [0.25, 0.3) is 21.8 Å². The molecule has 8 nitrogen and oxygen atoms in total. The number of ether oxygens (including phenoxy) is 1. The molecule has 0 saturated heterocycles. The second kappa shape index (κ2) is 9.52. The summed E-state index contributed by atoms with van der Waals surface area (Å²) in [6.45, 7) is 1.90.